The third-order valence-electron chi connectivity index (χ3n) is 2.76. The Morgan fingerprint density at radius 3 is 2.68 bits per heavy atom. The molecule has 0 unspecified atom stereocenters. The zero-order valence-corrected chi connectivity index (χ0v) is 13.7. The molecule has 1 N–H and O–H groups in total. The minimum Gasteiger partial charge on any atom is -0.324 e. The summed E-state index contributed by atoms with van der Waals surface area (Å²) in [5, 5.41) is 10.7. The number of alkyl halides is 3. The molecular formula is C14H15F3N2OS2. The van der Waals surface area contributed by atoms with Crippen LogP contribution < -0.4 is 5.32 Å². The molecule has 0 aromatic heterocycles. The predicted molar refractivity (Wildman–Crippen MR) is 84.0 cm³/mol. The van der Waals surface area contributed by atoms with Gasteiger partial charge in [-0.05, 0) is 31.4 Å². The Balaban J connectivity index is 3.06. The van der Waals surface area contributed by atoms with E-state index in [0.29, 0.717) is 10.6 Å². The van der Waals surface area contributed by atoms with Crippen molar-refractivity contribution in [3.63, 3.8) is 0 Å². The standard InChI is InChI=1S/C14H15F3N2OS2/c1-9(21-2)13(20)19-11-8-10(14(15,16)17)4-5-12(11)22-7-3-6-18/h4-5,8-9H,3,7H2,1-2H3,(H,19,20)/t9-/m0/s1. The van der Waals surface area contributed by atoms with Crippen molar-refractivity contribution >= 4 is 35.1 Å². The number of rotatable bonds is 6. The number of nitrogens with one attached hydrogen (secondary N) is 1. The summed E-state index contributed by atoms with van der Waals surface area (Å²) in [6, 6.07) is 5.20. The van der Waals surface area contributed by atoms with E-state index in [-0.39, 0.29) is 23.3 Å². The van der Waals surface area contributed by atoms with Crippen LogP contribution in [0.5, 0.6) is 0 Å². The molecule has 8 heteroatoms. The van der Waals surface area contributed by atoms with Crippen LogP contribution in [0.15, 0.2) is 23.1 Å². The molecule has 1 rings (SSSR count). The molecule has 0 aliphatic rings. The number of thioether (sulfide) groups is 2. The Morgan fingerprint density at radius 2 is 2.14 bits per heavy atom. The Hall–Kier alpha value is -1.33. The van der Waals surface area contributed by atoms with Gasteiger partial charge in [0.2, 0.25) is 5.91 Å². The van der Waals surface area contributed by atoms with Crippen LogP contribution in [-0.2, 0) is 11.0 Å². The van der Waals surface area contributed by atoms with Crippen LogP contribution in [-0.4, -0.2) is 23.2 Å². The summed E-state index contributed by atoms with van der Waals surface area (Å²) >= 11 is 2.55. The van der Waals surface area contributed by atoms with E-state index in [1.807, 2.05) is 6.07 Å². The van der Waals surface area contributed by atoms with Gasteiger partial charge < -0.3 is 5.32 Å². The highest BCUT2D eigenvalue weighted by molar-refractivity contribution is 8.00. The molecule has 3 nitrogen and oxygen atoms in total. The quantitative estimate of drug-likeness (QED) is 0.611. The van der Waals surface area contributed by atoms with Gasteiger partial charge in [0, 0.05) is 17.1 Å². The van der Waals surface area contributed by atoms with Gasteiger partial charge in [-0.2, -0.15) is 30.2 Å². The SMILES string of the molecule is CS[C@@H](C)C(=O)Nc1cc(C(F)(F)F)ccc1SCCC#N. The number of amides is 1. The van der Waals surface area contributed by atoms with Gasteiger partial charge in [0.05, 0.1) is 22.6 Å². The van der Waals surface area contributed by atoms with E-state index in [9.17, 15) is 18.0 Å². The first-order chi connectivity index (χ1) is 10.3. The van der Waals surface area contributed by atoms with Crippen molar-refractivity contribution in [3.05, 3.63) is 23.8 Å². The molecule has 0 heterocycles. The third kappa shape index (κ3) is 5.46. The van der Waals surface area contributed by atoms with E-state index >= 15 is 0 Å². The molecule has 1 aromatic carbocycles. The minimum atomic E-state index is -4.47. The number of carbonyl (C=O) groups is 1. The Bertz CT molecular complexity index is 570. The van der Waals surface area contributed by atoms with E-state index in [4.69, 9.17) is 5.26 Å². The molecule has 0 aliphatic heterocycles. The highest BCUT2D eigenvalue weighted by Gasteiger charge is 2.31. The molecule has 0 radical (unpaired) electrons. The highest BCUT2D eigenvalue weighted by atomic mass is 32.2. The van der Waals surface area contributed by atoms with Crippen LogP contribution in [0.1, 0.15) is 18.9 Å². The number of carbonyl (C=O) groups excluding carboxylic acids is 1. The monoisotopic (exact) mass is 348 g/mol. The van der Waals surface area contributed by atoms with Crippen molar-refractivity contribution in [1.29, 1.82) is 5.26 Å². The van der Waals surface area contributed by atoms with Gasteiger partial charge in [-0.3, -0.25) is 4.79 Å². The zero-order valence-electron chi connectivity index (χ0n) is 12.0. The second-order valence-electron chi connectivity index (χ2n) is 4.33. The molecule has 0 aliphatic carbocycles. The number of halogens is 3. The van der Waals surface area contributed by atoms with E-state index in [2.05, 4.69) is 5.32 Å². The van der Waals surface area contributed by atoms with Crippen LogP contribution in [0.3, 0.4) is 0 Å². The molecule has 1 amide bonds. The fraction of sp³-hybridized carbons (Fsp3) is 0.429. The van der Waals surface area contributed by atoms with Gasteiger partial charge in [-0.1, -0.05) is 0 Å². The van der Waals surface area contributed by atoms with E-state index in [1.54, 1.807) is 13.2 Å². The summed E-state index contributed by atoms with van der Waals surface area (Å²) < 4.78 is 38.4. The summed E-state index contributed by atoms with van der Waals surface area (Å²) in [5.74, 6) is 0.0944. The number of hydrogen-bond acceptors (Lipinski definition) is 4. The first kappa shape index (κ1) is 18.7. The molecule has 0 saturated heterocycles. The van der Waals surface area contributed by atoms with Crippen molar-refractivity contribution in [2.24, 2.45) is 0 Å². The summed E-state index contributed by atoms with van der Waals surface area (Å²) in [6.07, 6.45) is -2.44. The average Bonchev–Trinajstić information content (AvgIpc) is 2.46. The van der Waals surface area contributed by atoms with Crippen LogP contribution in [0.4, 0.5) is 18.9 Å². The van der Waals surface area contributed by atoms with Crippen LogP contribution >= 0.6 is 23.5 Å². The molecule has 1 aromatic rings. The molecule has 22 heavy (non-hydrogen) atoms. The molecule has 0 spiro atoms. The number of nitriles is 1. The first-order valence-corrected chi connectivity index (χ1v) is 8.61. The van der Waals surface area contributed by atoms with Gasteiger partial charge >= 0.3 is 6.18 Å². The van der Waals surface area contributed by atoms with Crippen molar-refractivity contribution in [1.82, 2.24) is 0 Å². The Kier molecular flexibility index (Phi) is 7.10. The normalized spacial score (nSPS) is 12.5. The fourth-order valence-electron chi connectivity index (χ4n) is 1.48. The van der Waals surface area contributed by atoms with Gasteiger partial charge in [0.1, 0.15) is 0 Å². The summed E-state index contributed by atoms with van der Waals surface area (Å²) in [6.45, 7) is 1.68. The maximum atomic E-state index is 12.8. The van der Waals surface area contributed by atoms with Crippen molar-refractivity contribution in [3.8, 4) is 6.07 Å². The van der Waals surface area contributed by atoms with Gasteiger partial charge in [0.15, 0.2) is 0 Å². The fourth-order valence-corrected chi connectivity index (χ4v) is 2.59. The van der Waals surface area contributed by atoms with Crippen LogP contribution in [0.25, 0.3) is 0 Å². The van der Waals surface area contributed by atoms with Gasteiger partial charge in [0.25, 0.3) is 0 Å². The van der Waals surface area contributed by atoms with E-state index < -0.39 is 11.7 Å². The number of anilines is 1. The maximum Gasteiger partial charge on any atom is 0.416 e. The lowest BCUT2D eigenvalue weighted by molar-refractivity contribution is -0.137. The maximum absolute atomic E-state index is 12.8. The van der Waals surface area contributed by atoms with Crippen LogP contribution in [0.2, 0.25) is 0 Å². The van der Waals surface area contributed by atoms with Crippen LogP contribution in [0, 0.1) is 11.3 Å². The Labute approximate surface area is 135 Å². The topological polar surface area (TPSA) is 52.9 Å². The lowest BCUT2D eigenvalue weighted by Crippen LogP contribution is -2.22. The molecular weight excluding hydrogens is 333 g/mol. The predicted octanol–water partition coefficient (Wildman–Crippen LogP) is 4.40. The Morgan fingerprint density at radius 1 is 1.45 bits per heavy atom. The van der Waals surface area contributed by atoms with Gasteiger partial charge in [-0.25, -0.2) is 0 Å². The first-order valence-electron chi connectivity index (χ1n) is 6.34. The van der Waals surface area contributed by atoms with Crippen molar-refractivity contribution < 1.29 is 18.0 Å². The minimum absolute atomic E-state index is 0.128. The third-order valence-corrected chi connectivity index (χ3v) is 4.76. The van der Waals surface area contributed by atoms with Gasteiger partial charge in [-0.15, -0.1) is 11.8 Å². The molecule has 120 valence electrons. The second-order valence-corrected chi connectivity index (χ2v) is 6.65. The number of nitrogens with zero attached hydrogens (tertiary/aromatic N) is 1. The average molecular weight is 348 g/mol. The lowest BCUT2D eigenvalue weighted by atomic mass is 10.2. The smallest absolute Gasteiger partial charge is 0.324 e. The lowest BCUT2D eigenvalue weighted by Gasteiger charge is -2.15. The number of benzene rings is 1. The molecule has 0 saturated carbocycles. The largest absolute Gasteiger partial charge is 0.416 e. The molecule has 0 bridgehead atoms. The van der Waals surface area contributed by atoms with Crippen molar-refractivity contribution in [2.45, 2.75) is 29.7 Å². The summed E-state index contributed by atoms with van der Waals surface area (Å²) in [5.41, 5.74) is -0.687. The number of hydrogen-bond donors (Lipinski definition) is 1. The van der Waals surface area contributed by atoms with E-state index in [0.717, 1.165) is 12.1 Å². The van der Waals surface area contributed by atoms with Crippen molar-refractivity contribution in [2.75, 3.05) is 17.3 Å². The second kappa shape index (κ2) is 8.34. The molecule has 1 atom stereocenters. The summed E-state index contributed by atoms with van der Waals surface area (Å²) in [4.78, 5) is 12.4. The highest BCUT2D eigenvalue weighted by Crippen LogP contribution is 2.36. The van der Waals surface area contributed by atoms with E-state index in [1.165, 1.54) is 29.6 Å². The zero-order chi connectivity index (χ0) is 16.8. The molecule has 0 fully saturated rings. The summed E-state index contributed by atoms with van der Waals surface area (Å²) in [7, 11) is 0.